The predicted molar refractivity (Wildman–Crippen MR) is 95.0 cm³/mol. The maximum Gasteiger partial charge on any atom is 0.230 e. The molecule has 0 unspecified atom stereocenters. The SMILES string of the molecule is CN(C)c1ccc(NC(=O)Cc2cc(-c3ccccc3F)on2)cc1. The molecular weight excluding hydrogens is 321 g/mol. The number of benzene rings is 2. The Labute approximate surface area is 145 Å². The van der Waals surface area contributed by atoms with Gasteiger partial charge in [0.15, 0.2) is 5.76 Å². The molecule has 0 aliphatic carbocycles. The number of halogens is 1. The molecule has 0 saturated carbocycles. The van der Waals surface area contributed by atoms with Crippen molar-refractivity contribution >= 4 is 17.3 Å². The highest BCUT2D eigenvalue weighted by atomic mass is 19.1. The number of carbonyl (C=O) groups is 1. The fourth-order valence-corrected chi connectivity index (χ4v) is 2.40. The molecule has 2 aromatic carbocycles. The number of amides is 1. The Kier molecular flexibility index (Phi) is 4.79. The molecule has 0 aliphatic rings. The van der Waals surface area contributed by atoms with Crippen molar-refractivity contribution in [1.82, 2.24) is 5.16 Å². The van der Waals surface area contributed by atoms with E-state index in [1.165, 1.54) is 6.07 Å². The van der Waals surface area contributed by atoms with E-state index in [1.807, 2.05) is 43.3 Å². The summed E-state index contributed by atoms with van der Waals surface area (Å²) >= 11 is 0. The van der Waals surface area contributed by atoms with Crippen LogP contribution >= 0.6 is 0 Å². The number of rotatable bonds is 5. The van der Waals surface area contributed by atoms with Gasteiger partial charge in [0.1, 0.15) is 5.82 Å². The summed E-state index contributed by atoms with van der Waals surface area (Å²) < 4.78 is 18.9. The molecule has 5 nitrogen and oxygen atoms in total. The molecule has 0 aliphatic heterocycles. The van der Waals surface area contributed by atoms with E-state index in [4.69, 9.17) is 4.52 Å². The van der Waals surface area contributed by atoms with Crippen molar-refractivity contribution in [1.29, 1.82) is 0 Å². The van der Waals surface area contributed by atoms with Gasteiger partial charge in [0.25, 0.3) is 0 Å². The van der Waals surface area contributed by atoms with Crippen LogP contribution in [0.1, 0.15) is 5.69 Å². The smallest absolute Gasteiger partial charge is 0.230 e. The standard InChI is InChI=1S/C19H18FN3O2/c1-23(2)15-9-7-13(8-10-15)21-19(24)12-14-11-18(25-22-14)16-5-3-4-6-17(16)20/h3-11H,12H2,1-2H3,(H,21,24). The molecule has 6 heteroatoms. The van der Waals surface area contributed by atoms with Gasteiger partial charge in [-0.3, -0.25) is 4.79 Å². The average molecular weight is 339 g/mol. The van der Waals surface area contributed by atoms with Crippen LogP contribution in [0.5, 0.6) is 0 Å². The average Bonchev–Trinajstić information content (AvgIpc) is 3.03. The second-order valence-corrected chi connectivity index (χ2v) is 5.83. The van der Waals surface area contributed by atoms with Crippen LogP contribution in [0.3, 0.4) is 0 Å². The van der Waals surface area contributed by atoms with Crippen LogP contribution in [0.2, 0.25) is 0 Å². The molecule has 3 aromatic rings. The number of aromatic nitrogens is 1. The maximum atomic E-state index is 13.8. The topological polar surface area (TPSA) is 58.4 Å². The lowest BCUT2D eigenvalue weighted by molar-refractivity contribution is -0.115. The van der Waals surface area contributed by atoms with Crippen molar-refractivity contribution in [3.05, 3.63) is 66.1 Å². The highest BCUT2D eigenvalue weighted by Gasteiger charge is 2.13. The Balaban J connectivity index is 1.65. The maximum absolute atomic E-state index is 13.8. The third-order valence-corrected chi connectivity index (χ3v) is 3.71. The molecule has 0 bridgehead atoms. The zero-order chi connectivity index (χ0) is 17.8. The van der Waals surface area contributed by atoms with Gasteiger partial charge in [-0.2, -0.15) is 0 Å². The van der Waals surface area contributed by atoms with Gasteiger partial charge in [-0.1, -0.05) is 17.3 Å². The van der Waals surface area contributed by atoms with Crippen LogP contribution in [0, 0.1) is 5.82 Å². The number of hydrogen-bond donors (Lipinski definition) is 1. The van der Waals surface area contributed by atoms with E-state index in [2.05, 4.69) is 10.5 Å². The number of carbonyl (C=O) groups excluding carboxylic acids is 1. The zero-order valence-electron chi connectivity index (χ0n) is 14.0. The fraction of sp³-hybridized carbons (Fsp3) is 0.158. The van der Waals surface area contributed by atoms with Crippen LogP contribution in [0.25, 0.3) is 11.3 Å². The minimum atomic E-state index is -0.393. The summed E-state index contributed by atoms with van der Waals surface area (Å²) in [6.45, 7) is 0. The monoisotopic (exact) mass is 339 g/mol. The minimum absolute atomic E-state index is 0.0490. The van der Waals surface area contributed by atoms with Crippen LogP contribution in [0.15, 0.2) is 59.1 Å². The van der Waals surface area contributed by atoms with Gasteiger partial charge in [0.2, 0.25) is 5.91 Å². The summed E-state index contributed by atoms with van der Waals surface area (Å²) in [4.78, 5) is 14.1. The first kappa shape index (κ1) is 16.7. The molecule has 1 amide bonds. The Hall–Kier alpha value is -3.15. The molecule has 25 heavy (non-hydrogen) atoms. The molecule has 3 rings (SSSR count). The third-order valence-electron chi connectivity index (χ3n) is 3.71. The van der Waals surface area contributed by atoms with Crippen LogP contribution in [0.4, 0.5) is 15.8 Å². The van der Waals surface area contributed by atoms with Gasteiger partial charge in [-0.25, -0.2) is 4.39 Å². The fourth-order valence-electron chi connectivity index (χ4n) is 2.40. The lowest BCUT2D eigenvalue weighted by Crippen LogP contribution is -2.15. The van der Waals surface area contributed by atoms with E-state index in [0.717, 1.165) is 5.69 Å². The third kappa shape index (κ3) is 4.03. The number of anilines is 2. The van der Waals surface area contributed by atoms with E-state index >= 15 is 0 Å². The van der Waals surface area contributed by atoms with Gasteiger partial charge in [-0.15, -0.1) is 0 Å². The molecule has 0 radical (unpaired) electrons. The summed E-state index contributed by atoms with van der Waals surface area (Å²) in [5.74, 6) is -0.308. The van der Waals surface area contributed by atoms with Gasteiger partial charge in [0, 0.05) is 31.5 Å². The normalized spacial score (nSPS) is 10.5. The van der Waals surface area contributed by atoms with E-state index in [-0.39, 0.29) is 12.3 Å². The van der Waals surface area contributed by atoms with E-state index < -0.39 is 5.82 Å². The second kappa shape index (κ2) is 7.17. The number of nitrogens with zero attached hydrogens (tertiary/aromatic N) is 2. The van der Waals surface area contributed by atoms with Gasteiger partial charge >= 0.3 is 0 Å². The highest BCUT2D eigenvalue weighted by molar-refractivity contribution is 5.92. The van der Waals surface area contributed by atoms with Gasteiger partial charge in [-0.05, 0) is 36.4 Å². The Morgan fingerprint density at radius 3 is 2.56 bits per heavy atom. The molecule has 1 heterocycles. The highest BCUT2D eigenvalue weighted by Crippen LogP contribution is 2.23. The number of hydrogen-bond acceptors (Lipinski definition) is 4. The lowest BCUT2D eigenvalue weighted by Gasteiger charge is -2.12. The Morgan fingerprint density at radius 2 is 1.88 bits per heavy atom. The van der Waals surface area contributed by atoms with Gasteiger partial charge < -0.3 is 14.7 Å². The van der Waals surface area contributed by atoms with Crippen LogP contribution < -0.4 is 10.2 Å². The van der Waals surface area contributed by atoms with Crippen molar-refractivity contribution < 1.29 is 13.7 Å². The summed E-state index contributed by atoms with van der Waals surface area (Å²) in [6, 6.07) is 15.3. The molecule has 1 aromatic heterocycles. The first-order valence-electron chi connectivity index (χ1n) is 7.80. The predicted octanol–water partition coefficient (Wildman–Crippen LogP) is 3.73. The summed E-state index contributed by atoms with van der Waals surface area (Å²) in [5.41, 5.74) is 2.51. The van der Waals surface area contributed by atoms with Gasteiger partial charge in [0.05, 0.1) is 17.7 Å². The van der Waals surface area contributed by atoms with Crippen molar-refractivity contribution in [3.8, 4) is 11.3 Å². The Bertz CT molecular complexity index is 872. The van der Waals surface area contributed by atoms with E-state index in [1.54, 1.807) is 24.3 Å². The van der Waals surface area contributed by atoms with Crippen molar-refractivity contribution in [2.45, 2.75) is 6.42 Å². The summed E-state index contributed by atoms with van der Waals surface area (Å²) in [7, 11) is 3.90. The van der Waals surface area contributed by atoms with Crippen LogP contribution in [-0.4, -0.2) is 25.2 Å². The van der Waals surface area contributed by atoms with Crippen LogP contribution in [-0.2, 0) is 11.2 Å². The second-order valence-electron chi connectivity index (χ2n) is 5.83. The van der Waals surface area contributed by atoms with Crippen molar-refractivity contribution in [2.75, 3.05) is 24.3 Å². The minimum Gasteiger partial charge on any atom is -0.378 e. The quantitative estimate of drug-likeness (QED) is 0.769. The zero-order valence-corrected chi connectivity index (χ0v) is 14.0. The summed E-state index contributed by atoms with van der Waals surface area (Å²) in [6.07, 6.45) is 0.0490. The largest absolute Gasteiger partial charge is 0.378 e. The Morgan fingerprint density at radius 1 is 1.16 bits per heavy atom. The summed E-state index contributed by atoms with van der Waals surface area (Å²) in [5, 5.41) is 6.65. The molecule has 0 saturated heterocycles. The molecular formula is C19H18FN3O2. The van der Waals surface area contributed by atoms with E-state index in [9.17, 15) is 9.18 Å². The first-order chi connectivity index (χ1) is 12.0. The molecule has 1 N–H and O–H groups in total. The van der Waals surface area contributed by atoms with Crippen molar-refractivity contribution in [2.24, 2.45) is 0 Å². The number of nitrogens with one attached hydrogen (secondary N) is 1. The lowest BCUT2D eigenvalue weighted by atomic mass is 10.1. The molecule has 0 fully saturated rings. The van der Waals surface area contributed by atoms with Crippen molar-refractivity contribution in [3.63, 3.8) is 0 Å². The molecule has 0 spiro atoms. The van der Waals surface area contributed by atoms with E-state index in [0.29, 0.717) is 22.7 Å². The molecule has 0 atom stereocenters. The molecule has 128 valence electrons. The first-order valence-corrected chi connectivity index (χ1v) is 7.80.